The predicted octanol–water partition coefficient (Wildman–Crippen LogP) is 5.57. The van der Waals surface area contributed by atoms with E-state index in [0.29, 0.717) is 6.61 Å². The van der Waals surface area contributed by atoms with Crippen molar-refractivity contribution in [3.05, 3.63) is 89.1 Å². The van der Waals surface area contributed by atoms with Crippen LogP contribution in [0.1, 0.15) is 10.4 Å². The molecule has 0 spiro atoms. The van der Waals surface area contributed by atoms with Gasteiger partial charge >= 0.3 is 0 Å². The van der Waals surface area contributed by atoms with Gasteiger partial charge < -0.3 is 10.5 Å². The third-order valence-corrected chi connectivity index (χ3v) is 5.42. The lowest BCUT2D eigenvalue weighted by Gasteiger charge is -2.09. The van der Waals surface area contributed by atoms with E-state index in [-0.39, 0.29) is 11.7 Å². The first-order valence-corrected chi connectivity index (χ1v) is 9.26. The zero-order valence-corrected chi connectivity index (χ0v) is 15.2. The highest BCUT2D eigenvalue weighted by atomic mass is 32.1. The van der Waals surface area contributed by atoms with E-state index in [1.54, 1.807) is 12.1 Å². The number of nitrogens with one attached hydrogen (secondary N) is 1. The first kappa shape index (κ1) is 17.2. The Kier molecular flexibility index (Phi) is 4.60. The fraction of sp³-hybridized carbons (Fsp3) is 0.0455. The number of amidine groups is 1. The van der Waals surface area contributed by atoms with E-state index in [9.17, 15) is 4.39 Å². The van der Waals surface area contributed by atoms with E-state index in [4.69, 9.17) is 15.9 Å². The van der Waals surface area contributed by atoms with Gasteiger partial charge in [-0.25, -0.2) is 4.39 Å². The standard InChI is InChI=1S/C22H17FN2OS/c23-18-7-4-14(5-8-18)13-26-19-3-1-2-15(11-19)16-6-9-20-17(10-16)12-21(27-20)22(24)25/h1-12H,13H2,(H3,24,25). The Morgan fingerprint density at radius 2 is 1.74 bits per heavy atom. The summed E-state index contributed by atoms with van der Waals surface area (Å²) in [5.74, 6) is 0.595. The average molecular weight is 376 g/mol. The SMILES string of the molecule is N=C(N)c1cc2cc(-c3cccc(OCc4ccc(F)cc4)c3)ccc2s1. The van der Waals surface area contributed by atoms with Crippen molar-refractivity contribution in [1.82, 2.24) is 0 Å². The van der Waals surface area contributed by atoms with E-state index in [0.717, 1.165) is 37.4 Å². The molecule has 5 heteroatoms. The molecule has 0 atom stereocenters. The highest BCUT2D eigenvalue weighted by Crippen LogP contribution is 2.31. The molecule has 1 aromatic heterocycles. The number of nitrogen functional groups attached to an aromatic ring is 1. The average Bonchev–Trinajstić information content (AvgIpc) is 3.11. The van der Waals surface area contributed by atoms with Crippen LogP contribution in [0.3, 0.4) is 0 Å². The number of hydrogen-bond donors (Lipinski definition) is 2. The molecule has 0 bridgehead atoms. The van der Waals surface area contributed by atoms with Crippen molar-refractivity contribution >= 4 is 27.3 Å². The van der Waals surface area contributed by atoms with Crippen LogP contribution >= 0.6 is 11.3 Å². The van der Waals surface area contributed by atoms with E-state index < -0.39 is 0 Å². The number of ether oxygens (including phenoxy) is 1. The molecule has 3 N–H and O–H groups in total. The first-order chi connectivity index (χ1) is 13.1. The lowest BCUT2D eigenvalue weighted by Crippen LogP contribution is -2.08. The van der Waals surface area contributed by atoms with Gasteiger partial charge in [0.1, 0.15) is 24.0 Å². The molecule has 0 saturated heterocycles. The van der Waals surface area contributed by atoms with Crippen molar-refractivity contribution in [3.63, 3.8) is 0 Å². The summed E-state index contributed by atoms with van der Waals surface area (Å²) in [4.78, 5) is 0.776. The Morgan fingerprint density at radius 1 is 0.963 bits per heavy atom. The van der Waals surface area contributed by atoms with Gasteiger partial charge in [-0.15, -0.1) is 11.3 Å². The largest absolute Gasteiger partial charge is 0.489 e. The summed E-state index contributed by atoms with van der Waals surface area (Å²) in [5.41, 5.74) is 8.62. The van der Waals surface area contributed by atoms with Crippen LogP contribution in [0.5, 0.6) is 5.75 Å². The molecule has 3 aromatic carbocycles. The van der Waals surface area contributed by atoms with Crippen LogP contribution in [-0.2, 0) is 6.61 Å². The van der Waals surface area contributed by atoms with Crippen molar-refractivity contribution in [1.29, 1.82) is 5.41 Å². The summed E-state index contributed by atoms with van der Waals surface area (Å²) in [5, 5.41) is 8.66. The molecule has 0 fully saturated rings. The second-order valence-electron chi connectivity index (χ2n) is 6.22. The normalized spacial score (nSPS) is 10.9. The summed E-state index contributed by atoms with van der Waals surface area (Å²) in [7, 11) is 0. The van der Waals surface area contributed by atoms with Gasteiger partial charge in [0, 0.05) is 4.70 Å². The van der Waals surface area contributed by atoms with Crippen LogP contribution in [0.25, 0.3) is 21.2 Å². The van der Waals surface area contributed by atoms with E-state index in [1.807, 2.05) is 36.4 Å². The third-order valence-electron chi connectivity index (χ3n) is 4.27. The number of fused-ring (bicyclic) bond motifs is 1. The molecule has 27 heavy (non-hydrogen) atoms. The minimum Gasteiger partial charge on any atom is -0.489 e. The highest BCUT2D eigenvalue weighted by molar-refractivity contribution is 7.20. The number of hydrogen-bond acceptors (Lipinski definition) is 3. The molecular weight excluding hydrogens is 359 g/mol. The summed E-state index contributed by atoms with van der Waals surface area (Å²) in [6.07, 6.45) is 0. The Hall–Kier alpha value is -3.18. The number of benzene rings is 3. The van der Waals surface area contributed by atoms with Crippen molar-refractivity contribution in [2.24, 2.45) is 5.73 Å². The van der Waals surface area contributed by atoms with Crippen molar-refractivity contribution in [3.8, 4) is 16.9 Å². The van der Waals surface area contributed by atoms with Crippen molar-refractivity contribution < 1.29 is 9.13 Å². The monoisotopic (exact) mass is 376 g/mol. The molecule has 0 saturated carbocycles. The molecule has 1 heterocycles. The topological polar surface area (TPSA) is 59.1 Å². The Balaban J connectivity index is 1.57. The van der Waals surface area contributed by atoms with Crippen LogP contribution in [0, 0.1) is 11.2 Å². The van der Waals surface area contributed by atoms with Gasteiger partial charge in [0.2, 0.25) is 0 Å². The molecule has 4 rings (SSSR count). The lowest BCUT2D eigenvalue weighted by molar-refractivity contribution is 0.306. The van der Waals surface area contributed by atoms with E-state index in [1.165, 1.54) is 23.5 Å². The van der Waals surface area contributed by atoms with E-state index >= 15 is 0 Å². The minimum atomic E-state index is -0.252. The minimum absolute atomic E-state index is 0.0916. The smallest absolute Gasteiger partial charge is 0.133 e. The van der Waals surface area contributed by atoms with Gasteiger partial charge in [0.15, 0.2) is 0 Å². The fourth-order valence-corrected chi connectivity index (χ4v) is 3.77. The fourth-order valence-electron chi connectivity index (χ4n) is 2.87. The molecule has 4 aromatic rings. The van der Waals surface area contributed by atoms with Gasteiger partial charge in [-0.2, -0.15) is 0 Å². The van der Waals surface area contributed by atoms with Crippen LogP contribution in [0.2, 0.25) is 0 Å². The van der Waals surface area contributed by atoms with Gasteiger partial charge in [0.05, 0.1) is 4.88 Å². The number of rotatable bonds is 5. The molecule has 0 aliphatic carbocycles. The third kappa shape index (κ3) is 3.83. The summed E-state index contributed by atoms with van der Waals surface area (Å²) in [6, 6.07) is 22.3. The molecule has 0 unspecified atom stereocenters. The lowest BCUT2D eigenvalue weighted by atomic mass is 10.0. The maximum absolute atomic E-state index is 13.0. The summed E-state index contributed by atoms with van der Waals surface area (Å²) in [6.45, 7) is 0.384. The quantitative estimate of drug-likeness (QED) is 0.353. The van der Waals surface area contributed by atoms with Crippen molar-refractivity contribution in [2.75, 3.05) is 0 Å². The van der Waals surface area contributed by atoms with Crippen LogP contribution in [-0.4, -0.2) is 5.84 Å². The first-order valence-electron chi connectivity index (χ1n) is 8.44. The number of nitrogens with two attached hydrogens (primary N) is 1. The summed E-state index contributed by atoms with van der Waals surface area (Å²) < 4.78 is 19.9. The zero-order chi connectivity index (χ0) is 18.8. The van der Waals surface area contributed by atoms with Crippen LogP contribution in [0.15, 0.2) is 72.8 Å². The molecular formula is C22H17FN2OS. The molecule has 0 aliphatic heterocycles. The predicted molar refractivity (Wildman–Crippen MR) is 109 cm³/mol. The van der Waals surface area contributed by atoms with Gasteiger partial charge in [-0.1, -0.05) is 30.3 Å². The van der Waals surface area contributed by atoms with Crippen LogP contribution < -0.4 is 10.5 Å². The molecule has 134 valence electrons. The van der Waals surface area contributed by atoms with E-state index in [2.05, 4.69) is 12.1 Å². The summed E-state index contributed by atoms with van der Waals surface area (Å²) >= 11 is 1.52. The second kappa shape index (κ2) is 7.21. The van der Waals surface area contributed by atoms with Gasteiger partial charge in [-0.05, 0) is 64.5 Å². The molecule has 3 nitrogen and oxygen atoms in total. The van der Waals surface area contributed by atoms with Gasteiger partial charge in [-0.3, -0.25) is 5.41 Å². The molecule has 0 radical (unpaired) electrons. The maximum Gasteiger partial charge on any atom is 0.133 e. The second-order valence-corrected chi connectivity index (χ2v) is 7.30. The van der Waals surface area contributed by atoms with Crippen molar-refractivity contribution in [2.45, 2.75) is 6.61 Å². The Bertz CT molecular complexity index is 1120. The Morgan fingerprint density at radius 3 is 2.52 bits per heavy atom. The van der Waals surface area contributed by atoms with Gasteiger partial charge in [0.25, 0.3) is 0 Å². The number of thiophene rings is 1. The molecule has 0 amide bonds. The zero-order valence-electron chi connectivity index (χ0n) is 14.4. The highest BCUT2D eigenvalue weighted by Gasteiger charge is 2.07. The maximum atomic E-state index is 13.0. The molecule has 0 aliphatic rings. The van der Waals surface area contributed by atoms with Crippen LogP contribution in [0.4, 0.5) is 4.39 Å². The number of halogens is 1. The Labute approximate surface area is 160 Å².